The monoisotopic (exact) mass is 348 g/mol. The van der Waals surface area contributed by atoms with Gasteiger partial charge in [0.25, 0.3) is 5.91 Å². The van der Waals surface area contributed by atoms with Gasteiger partial charge in [-0.3, -0.25) is 4.79 Å². The highest BCUT2D eigenvalue weighted by Gasteiger charge is 2.18. The second-order valence-electron chi connectivity index (χ2n) is 4.53. The van der Waals surface area contributed by atoms with Crippen LogP contribution in [0.2, 0.25) is 0 Å². The number of ether oxygens (including phenoxy) is 1. The molecule has 1 amide bonds. The number of carbonyl (C=O) groups excluding carboxylic acids is 2. The van der Waals surface area contributed by atoms with E-state index in [0.717, 1.165) is 6.07 Å². The fourth-order valence-corrected chi connectivity index (χ4v) is 1.58. The minimum absolute atomic E-state index is 0.125. The standard InChI is InChI=1S/C13H12N6O6/c14-10(20)6-24-8-3-1-7(2-4-8)12(15)18-25-13(21)9-5-11(17-16-9)19(22)23/h1-5H,6H2,(H2,14,20)(H2,15,18)(H,16,17). The molecule has 0 fully saturated rings. The van der Waals surface area contributed by atoms with Crippen LogP contribution >= 0.6 is 0 Å². The van der Waals surface area contributed by atoms with Crippen molar-refractivity contribution in [1.82, 2.24) is 10.2 Å². The van der Waals surface area contributed by atoms with Crippen LogP contribution in [-0.4, -0.2) is 39.4 Å². The number of carbonyl (C=O) groups is 2. The molecule has 0 radical (unpaired) electrons. The molecule has 2 aromatic rings. The molecule has 0 saturated heterocycles. The van der Waals surface area contributed by atoms with Crippen molar-refractivity contribution >= 4 is 23.5 Å². The second kappa shape index (κ2) is 7.54. The van der Waals surface area contributed by atoms with Gasteiger partial charge in [-0.25, -0.2) is 4.79 Å². The first-order chi connectivity index (χ1) is 11.9. The van der Waals surface area contributed by atoms with Crippen LogP contribution in [0, 0.1) is 10.1 Å². The third-order valence-corrected chi connectivity index (χ3v) is 2.73. The van der Waals surface area contributed by atoms with Crippen molar-refractivity contribution in [2.45, 2.75) is 0 Å². The van der Waals surface area contributed by atoms with Crippen molar-refractivity contribution in [2.75, 3.05) is 6.61 Å². The summed E-state index contributed by atoms with van der Waals surface area (Å²) < 4.78 is 5.07. The van der Waals surface area contributed by atoms with E-state index in [1.54, 1.807) is 0 Å². The molecular weight excluding hydrogens is 336 g/mol. The van der Waals surface area contributed by atoms with Gasteiger partial charge in [0, 0.05) is 5.56 Å². The summed E-state index contributed by atoms with van der Waals surface area (Å²) in [6.07, 6.45) is 0. The first-order valence-electron chi connectivity index (χ1n) is 6.63. The number of amides is 1. The van der Waals surface area contributed by atoms with Gasteiger partial charge in [0.15, 0.2) is 12.4 Å². The highest BCUT2D eigenvalue weighted by atomic mass is 16.7. The van der Waals surface area contributed by atoms with Crippen molar-refractivity contribution < 1.29 is 24.1 Å². The lowest BCUT2D eigenvalue weighted by Gasteiger charge is -2.04. The van der Waals surface area contributed by atoms with Crippen molar-refractivity contribution in [2.24, 2.45) is 16.6 Å². The highest BCUT2D eigenvalue weighted by Crippen LogP contribution is 2.12. The lowest BCUT2D eigenvalue weighted by atomic mass is 10.2. The zero-order valence-corrected chi connectivity index (χ0v) is 12.5. The smallest absolute Gasteiger partial charge is 0.388 e. The number of H-pyrrole nitrogens is 1. The molecule has 0 bridgehead atoms. The van der Waals surface area contributed by atoms with E-state index in [2.05, 4.69) is 20.2 Å². The Morgan fingerprint density at radius 2 is 1.96 bits per heavy atom. The van der Waals surface area contributed by atoms with Gasteiger partial charge in [-0.15, -0.1) is 5.10 Å². The average Bonchev–Trinajstić information content (AvgIpc) is 3.08. The van der Waals surface area contributed by atoms with E-state index in [-0.39, 0.29) is 18.1 Å². The van der Waals surface area contributed by atoms with Crippen LogP contribution in [0.15, 0.2) is 35.5 Å². The number of aromatic nitrogens is 2. The van der Waals surface area contributed by atoms with Crippen LogP contribution in [0.5, 0.6) is 5.75 Å². The Morgan fingerprint density at radius 3 is 2.52 bits per heavy atom. The SMILES string of the molecule is NC(=O)COc1ccc(/C(N)=N/OC(=O)c2cc([N+](=O)[O-])[nH]n2)cc1. The summed E-state index contributed by atoms with van der Waals surface area (Å²) in [5.41, 5.74) is 10.7. The second-order valence-corrected chi connectivity index (χ2v) is 4.53. The molecular formula is C13H12N6O6. The quantitative estimate of drug-likeness (QED) is 0.199. The maximum absolute atomic E-state index is 11.7. The van der Waals surface area contributed by atoms with Crippen molar-refractivity contribution in [3.63, 3.8) is 0 Å². The number of oxime groups is 1. The Labute approximate surface area is 139 Å². The van der Waals surface area contributed by atoms with Gasteiger partial charge >= 0.3 is 11.8 Å². The molecule has 0 unspecified atom stereocenters. The van der Waals surface area contributed by atoms with E-state index in [9.17, 15) is 19.7 Å². The van der Waals surface area contributed by atoms with Gasteiger partial charge in [0.05, 0.1) is 6.07 Å². The van der Waals surface area contributed by atoms with E-state index in [1.165, 1.54) is 24.3 Å². The number of nitrogens with zero attached hydrogens (tertiary/aromatic N) is 3. The summed E-state index contributed by atoms with van der Waals surface area (Å²) in [6, 6.07) is 6.96. The van der Waals surface area contributed by atoms with Crippen LogP contribution in [0.3, 0.4) is 0 Å². The first kappa shape index (κ1) is 17.4. The molecule has 0 aliphatic heterocycles. The normalized spacial score (nSPS) is 11.0. The van der Waals surface area contributed by atoms with Crippen LogP contribution < -0.4 is 16.2 Å². The number of hydrogen-bond donors (Lipinski definition) is 3. The summed E-state index contributed by atoms with van der Waals surface area (Å²) in [4.78, 5) is 36.6. The van der Waals surface area contributed by atoms with Gasteiger partial charge in [-0.2, -0.15) is 0 Å². The van der Waals surface area contributed by atoms with E-state index < -0.39 is 22.6 Å². The van der Waals surface area contributed by atoms with E-state index in [1.807, 2.05) is 0 Å². The van der Waals surface area contributed by atoms with Crippen LogP contribution in [0.1, 0.15) is 16.1 Å². The van der Waals surface area contributed by atoms with E-state index >= 15 is 0 Å². The molecule has 2 rings (SSSR count). The Morgan fingerprint density at radius 1 is 1.28 bits per heavy atom. The van der Waals surface area contributed by atoms with Crippen LogP contribution in [0.4, 0.5) is 5.82 Å². The molecule has 0 aliphatic rings. The Balaban J connectivity index is 1.99. The number of hydrogen-bond acceptors (Lipinski definition) is 8. The van der Waals surface area contributed by atoms with Gasteiger partial charge in [0.1, 0.15) is 5.75 Å². The topological polar surface area (TPSA) is 189 Å². The lowest BCUT2D eigenvalue weighted by molar-refractivity contribution is -0.389. The molecule has 0 aliphatic carbocycles. The fourth-order valence-electron chi connectivity index (χ4n) is 1.58. The average molecular weight is 348 g/mol. The predicted octanol–water partition coefficient (Wildman–Crippen LogP) is -0.341. The summed E-state index contributed by atoms with van der Waals surface area (Å²) >= 11 is 0. The van der Waals surface area contributed by atoms with E-state index in [0.29, 0.717) is 11.3 Å². The Hall–Kier alpha value is -3.96. The zero-order chi connectivity index (χ0) is 18.4. The highest BCUT2D eigenvalue weighted by molar-refractivity contribution is 5.98. The minimum atomic E-state index is -1.02. The fraction of sp³-hybridized carbons (Fsp3) is 0.0769. The molecule has 1 aromatic heterocycles. The number of primary amides is 1. The minimum Gasteiger partial charge on any atom is -0.484 e. The number of nitro groups is 1. The molecule has 130 valence electrons. The van der Waals surface area contributed by atoms with Crippen molar-refractivity contribution in [1.29, 1.82) is 0 Å². The number of amidine groups is 1. The predicted molar refractivity (Wildman–Crippen MR) is 82.5 cm³/mol. The molecule has 1 heterocycles. The molecule has 25 heavy (non-hydrogen) atoms. The largest absolute Gasteiger partial charge is 0.484 e. The molecule has 5 N–H and O–H groups in total. The number of benzene rings is 1. The summed E-state index contributed by atoms with van der Waals surface area (Å²) in [5, 5.41) is 19.4. The van der Waals surface area contributed by atoms with Gasteiger partial charge in [-0.1, -0.05) is 10.3 Å². The Kier molecular flexibility index (Phi) is 5.25. The maximum Gasteiger partial charge on any atom is 0.388 e. The summed E-state index contributed by atoms with van der Waals surface area (Å²) in [7, 11) is 0. The number of rotatable bonds is 7. The molecule has 12 nitrogen and oxygen atoms in total. The third-order valence-electron chi connectivity index (χ3n) is 2.73. The lowest BCUT2D eigenvalue weighted by Crippen LogP contribution is -2.20. The van der Waals surface area contributed by atoms with Crippen molar-refractivity contribution in [3.8, 4) is 5.75 Å². The third kappa shape index (κ3) is 4.75. The molecule has 0 atom stereocenters. The molecule has 1 aromatic carbocycles. The maximum atomic E-state index is 11.7. The molecule has 12 heteroatoms. The van der Waals surface area contributed by atoms with Crippen LogP contribution in [0.25, 0.3) is 0 Å². The van der Waals surface area contributed by atoms with E-state index in [4.69, 9.17) is 16.2 Å². The first-order valence-corrected chi connectivity index (χ1v) is 6.63. The van der Waals surface area contributed by atoms with Gasteiger partial charge in [-0.05, 0) is 29.2 Å². The Bertz CT molecular complexity index is 828. The van der Waals surface area contributed by atoms with Gasteiger partial charge < -0.3 is 31.2 Å². The molecule has 0 saturated carbocycles. The number of nitrogens with two attached hydrogens (primary N) is 2. The summed E-state index contributed by atoms with van der Waals surface area (Å²) in [5.74, 6) is -1.84. The van der Waals surface area contributed by atoms with Crippen molar-refractivity contribution in [3.05, 3.63) is 51.7 Å². The van der Waals surface area contributed by atoms with Gasteiger partial charge in [0.2, 0.25) is 5.69 Å². The number of aromatic amines is 1. The zero-order valence-electron chi connectivity index (χ0n) is 12.5. The number of nitrogens with one attached hydrogen (secondary N) is 1. The van der Waals surface area contributed by atoms with Crippen LogP contribution in [-0.2, 0) is 9.63 Å². The molecule has 0 spiro atoms. The summed E-state index contributed by atoms with van der Waals surface area (Å²) in [6.45, 7) is -0.268.